The molecule has 0 aliphatic heterocycles. The highest BCUT2D eigenvalue weighted by Gasteiger charge is 2.36. The second kappa shape index (κ2) is 6.52. The number of hydrogen-bond donors (Lipinski definition) is 3. The number of benzene rings is 1. The first-order valence-corrected chi connectivity index (χ1v) is 7.59. The number of hydrogen-bond acceptors (Lipinski definition) is 4. The molecule has 0 saturated heterocycles. The number of pyridine rings is 1. The number of carbonyl (C=O) groups is 1. The molecular weight excluding hydrogens is 316 g/mol. The van der Waals surface area contributed by atoms with E-state index in [1.54, 1.807) is 6.07 Å². The minimum atomic E-state index is -0.650. The van der Waals surface area contributed by atoms with E-state index in [1.165, 1.54) is 24.4 Å². The number of nitrogens with one attached hydrogen (secondary N) is 1. The lowest BCUT2D eigenvalue weighted by Gasteiger charge is -2.38. The standard InChI is InChI=1S/C17H17F2N3O2/c18-11-2-3-13(14(19)7-11)16(10-5-12(23)6-10)22-15-4-1-9(8-21-15)17(20)24/h1-4,7-8,10,12,16,23H,5-6H2,(H2,20,24)(H,21,22)/t10?,12?,16-/m1/s1. The molecule has 5 nitrogen and oxygen atoms in total. The van der Waals surface area contributed by atoms with E-state index < -0.39 is 29.7 Å². The van der Waals surface area contributed by atoms with Crippen LogP contribution in [0, 0.1) is 17.6 Å². The highest BCUT2D eigenvalue weighted by atomic mass is 19.1. The Morgan fingerprint density at radius 3 is 2.58 bits per heavy atom. The number of anilines is 1. The monoisotopic (exact) mass is 333 g/mol. The van der Waals surface area contributed by atoms with Crippen LogP contribution in [-0.2, 0) is 0 Å². The first-order valence-electron chi connectivity index (χ1n) is 7.59. The summed E-state index contributed by atoms with van der Waals surface area (Å²) >= 11 is 0. The van der Waals surface area contributed by atoms with Gasteiger partial charge in [0.2, 0.25) is 5.91 Å². The van der Waals surface area contributed by atoms with Crippen LogP contribution in [0.15, 0.2) is 36.5 Å². The topological polar surface area (TPSA) is 88.2 Å². The van der Waals surface area contributed by atoms with Crippen molar-refractivity contribution in [3.8, 4) is 0 Å². The Labute approximate surface area is 137 Å². The summed E-state index contributed by atoms with van der Waals surface area (Å²) in [6.07, 6.45) is 1.97. The van der Waals surface area contributed by atoms with Crippen molar-refractivity contribution in [1.82, 2.24) is 4.98 Å². The fourth-order valence-electron chi connectivity index (χ4n) is 2.89. The van der Waals surface area contributed by atoms with E-state index in [1.807, 2.05) is 0 Å². The molecule has 0 bridgehead atoms. The van der Waals surface area contributed by atoms with Crippen LogP contribution in [-0.4, -0.2) is 22.1 Å². The van der Waals surface area contributed by atoms with Crippen molar-refractivity contribution in [2.45, 2.75) is 25.0 Å². The number of carbonyl (C=O) groups excluding carboxylic acids is 1. The van der Waals surface area contributed by atoms with E-state index in [0.717, 1.165) is 6.07 Å². The van der Waals surface area contributed by atoms with Gasteiger partial charge in [-0.2, -0.15) is 0 Å². The molecule has 1 heterocycles. The average molecular weight is 333 g/mol. The molecule has 2 aromatic rings. The van der Waals surface area contributed by atoms with Gasteiger partial charge in [-0.05, 0) is 37.0 Å². The molecule has 1 atom stereocenters. The van der Waals surface area contributed by atoms with Crippen LogP contribution in [0.5, 0.6) is 0 Å². The predicted octanol–water partition coefficient (Wildman–Crippen LogP) is 2.38. The van der Waals surface area contributed by atoms with Crippen LogP contribution in [0.4, 0.5) is 14.6 Å². The summed E-state index contributed by atoms with van der Waals surface area (Å²) in [5.74, 6) is -1.44. The molecule has 7 heteroatoms. The third-order valence-electron chi connectivity index (χ3n) is 4.27. The Hall–Kier alpha value is -2.54. The van der Waals surface area contributed by atoms with Crippen LogP contribution in [0.3, 0.4) is 0 Å². The van der Waals surface area contributed by atoms with Crippen molar-refractivity contribution in [1.29, 1.82) is 0 Å². The molecule has 1 fully saturated rings. The van der Waals surface area contributed by atoms with E-state index in [0.29, 0.717) is 24.2 Å². The summed E-state index contributed by atoms with van der Waals surface area (Å²) < 4.78 is 27.3. The van der Waals surface area contributed by atoms with Crippen LogP contribution in [0.2, 0.25) is 0 Å². The van der Waals surface area contributed by atoms with E-state index in [2.05, 4.69) is 10.3 Å². The zero-order valence-electron chi connectivity index (χ0n) is 12.7. The molecule has 0 unspecified atom stereocenters. The SMILES string of the molecule is NC(=O)c1ccc(N[C@@H](c2ccc(F)cc2F)C2CC(O)C2)nc1. The maximum Gasteiger partial charge on any atom is 0.250 e. The van der Waals surface area contributed by atoms with Gasteiger partial charge in [0.05, 0.1) is 17.7 Å². The van der Waals surface area contributed by atoms with Crippen molar-refractivity contribution >= 4 is 11.7 Å². The maximum absolute atomic E-state index is 14.2. The first-order chi connectivity index (χ1) is 11.4. The van der Waals surface area contributed by atoms with Crippen LogP contribution < -0.4 is 11.1 Å². The number of aliphatic hydroxyl groups is 1. The minimum absolute atomic E-state index is 0.00224. The Morgan fingerprint density at radius 2 is 2.04 bits per heavy atom. The molecule has 0 spiro atoms. The average Bonchev–Trinajstić information content (AvgIpc) is 2.51. The lowest BCUT2D eigenvalue weighted by molar-refractivity contribution is 0.0334. The second-order valence-electron chi connectivity index (χ2n) is 5.97. The summed E-state index contributed by atoms with van der Waals surface area (Å²) in [4.78, 5) is 15.2. The van der Waals surface area contributed by atoms with Crippen LogP contribution in [0.1, 0.15) is 34.8 Å². The van der Waals surface area contributed by atoms with Gasteiger partial charge in [0, 0.05) is 17.8 Å². The molecule has 1 aliphatic carbocycles. The Bertz CT molecular complexity index is 746. The van der Waals surface area contributed by atoms with Gasteiger partial charge in [-0.25, -0.2) is 13.8 Å². The quantitative estimate of drug-likeness (QED) is 0.784. The Kier molecular flexibility index (Phi) is 4.44. The molecule has 1 aromatic carbocycles. The van der Waals surface area contributed by atoms with Gasteiger partial charge in [0.25, 0.3) is 0 Å². The van der Waals surface area contributed by atoms with Gasteiger partial charge in [0.1, 0.15) is 17.5 Å². The smallest absolute Gasteiger partial charge is 0.250 e. The molecule has 3 rings (SSSR count). The Morgan fingerprint density at radius 1 is 1.29 bits per heavy atom. The third kappa shape index (κ3) is 3.35. The van der Waals surface area contributed by atoms with E-state index in [-0.39, 0.29) is 11.5 Å². The molecule has 1 amide bonds. The molecular formula is C17H17F2N3O2. The highest BCUT2D eigenvalue weighted by molar-refractivity contribution is 5.92. The number of amides is 1. The molecule has 24 heavy (non-hydrogen) atoms. The number of aromatic nitrogens is 1. The maximum atomic E-state index is 14.2. The number of halogens is 2. The first kappa shape index (κ1) is 16.3. The number of nitrogens with two attached hydrogens (primary N) is 1. The Balaban J connectivity index is 1.86. The van der Waals surface area contributed by atoms with Crippen molar-refractivity contribution < 1.29 is 18.7 Å². The predicted molar refractivity (Wildman–Crippen MR) is 84.2 cm³/mol. The van der Waals surface area contributed by atoms with Crippen molar-refractivity contribution in [2.75, 3.05) is 5.32 Å². The van der Waals surface area contributed by atoms with Gasteiger partial charge < -0.3 is 16.2 Å². The lowest BCUT2D eigenvalue weighted by Crippen LogP contribution is -2.36. The molecule has 1 aliphatic rings. The second-order valence-corrected chi connectivity index (χ2v) is 5.97. The van der Waals surface area contributed by atoms with E-state index in [4.69, 9.17) is 5.73 Å². The summed E-state index contributed by atoms with van der Waals surface area (Å²) in [6.45, 7) is 0. The van der Waals surface area contributed by atoms with Crippen molar-refractivity contribution in [3.05, 3.63) is 59.3 Å². The van der Waals surface area contributed by atoms with Crippen LogP contribution >= 0.6 is 0 Å². The fraction of sp³-hybridized carbons (Fsp3) is 0.294. The number of rotatable bonds is 5. The van der Waals surface area contributed by atoms with Crippen LogP contribution in [0.25, 0.3) is 0 Å². The molecule has 4 N–H and O–H groups in total. The molecule has 0 radical (unpaired) electrons. The summed E-state index contributed by atoms with van der Waals surface area (Å²) in [5.41, 5.74) is 5.75. The van der Waals surface area contributed by atoms with E-state index in [9.17, 15) is 18.7 Å². The third-order valence-corrected chi connectivity index (χ3v) is 4.27. The lowest BCUT2D eigenvalue weighted by atomic mass is 9.75. The molecule has 126 valence electrons. The number of primary amides is 1. The van der Waals surface area contributed by atoms with Gasteiger partial charge >= 0.3 is 0 Å². The van der Waals surface area contributed by atoms with Gasteiger partial charge in [-0.3, -0.25) is 4.79 Å². The zero-order chi connectivity index (χ0) is 17.3. The van der Waals surface area contributed by atoms with Gasteiger partial charge in [0.15, 0.2) is 0 Å². The van der Waals surface area contributed by atoms with Gasteiger partial charge in [-0.15, -0.1) is 0 Å². The summed E-state index contributed by atoms with van der Waals surface area (Å²) in [5, 5.41) is 12.7. The van der Waals surface area contributed by atoms with Crippen molar-refractivity contribution in [3.63, 3.8) is 0 Å². The number of nitrogens with zero attached hydrogens (tertiary/aromatic N) is 1. The molecule has 1 saturated carbocycles. The minimum Gasteiger partial charge on any atom is -0.393 e. The number of aliphatic hydroxyl groups excluding tert-OH is 1. The van der Waals surface area contributed by atoms with Crippen molar-refractivity contribution in [2.24, 2.45) is 11.7 Å². The highest BCUT2D eigenvalue weighted by Crippen LogP contribution is 2.40. The fourth-order valence-corrected chi connectivity index (χ4v) is 2.89. The zero-order valence-corrected chi connectivity index (χ0v) is 12.7. The van der Waals surface area contributed by atoms with Gasteiger partial charge in [-0.1, -0.05) is 6.07 Å². The summed E-state index contributed by atoms with van der Waals surface area (Å²) in [7, 11) is 0. The normalized spacial score (nSPS) is 21.0. The largest absolute Gasteiger partial charge is 0.393 e. The molecule has 1 aromatic heterocycles. The summed E-state index contributed by atoms with van der Waals surface area (Å²) in [6, 6.07) is 6.06. The van der Waals surface area contributed by atoms with E-state index >= 15 is 0 Å².